The van der Waals surface area contributed by atoms with Gasteiger partial charge in [-0.2, -0.15) is 0 Å². The van der Waals surface area contributed by atoms with Crippen molar-refractivity contribution in [2.45, 2.75) is 26.7 Å². The fourth-order valence-corrected chi connectivity index (χ4v) is 4.12. The number of ether oxygens (including phenoxy) is 2. The summed E-state index contributed by atoms with van der Waals surface area (Å²) in [6.45, 7) is 7.23. The largest absolute Gasteiger partial charge is 0.497 e. The maximum Gasteiger partial charge on any atom is 0.253 e. The molecule has 0 spiro atoms. The van der Waals surface area contributed by atoms with Gasteiger partial charge in [0.25, 0.3) is 5.91 Å². The van der Waals surface area contributed by atoms with Crippen LogP contribution in [0, 0.1) is 19.3 Å². The summed E-state index contributed by atoms with van der Waals surface area (Å²) in [6, 6.07) is 9.83. The van der Waals surface area contributed by atoms with Crippen LogP contribution in [-0.4, -0.2) is 50.9 Å². The molecule has 1 aliphatic heterocycles. The number of amides is 1. The number of nitrogens with one attached hydrogen (secondary N) is 2. The predicted molar refractivity (Wildman–Crippen MR) is 111 cm³/mol. The number of hydrogen-bond acceptors (Lipinski definition) is 4. The van der Waals surface area contributed by atoms with Crippen LogP contribution >= 0.6 is 0 Å². The highest BCUT2D eigenvalue weighted by molar-refractivity contribution is 5.96. The summed E-state index contributed by atoms with van der Waals surface area (Å²) in [5.41, 5.74) is 3.71. The van der Waals surface area contributed by atoms with Crippen molar-refractivity contribution >= 4 is 5.91 Å². The third kappa shape index (κ3) is 4.23. The number of aromatic nitrogens is 1. The van der Waals surface area contributed by atoms with Crippen LogP contribution < -0.4 is 15.4 Å². The Balaban J connectivity index is 1.77. The molecule has 1 aromatic carbocycles. The van der Waals surface area contributed by atoms with E-state index in [9.17, 15) is 4.79 Å². The summed E-state index contributed by atoms with van der Waals surface area (Å²) >= 11 is 0. The van der Waals surface area contributed by atoms with Crippen molar-refractivity contribution in [1.29, 1.82) is 0 Å². The van der Waals surface area contributed by atoms with E-state index in [2.05, 4.69) is 15.2 Å². The second-order valence-electron chi connectivity index (χ2n) is 7.68. The lowest BCUT2D eigenvalue weighted by Gasteiger charge is -2.37. The lowest BCUT2D eigenvalue weighted by molar-refractivity contribution is 0.0511. The summed E-state index contributed by atoms with van der Waals surface area (Å²) < 4.78 is 12.8. The monoisotopic (exact) mass is 385 g/mol. The van der Waals surface area contributed by atoms with Crippen molar-refractivity contribution in [3.8, 4) is 11.4 Å². The van der Waals surface area contributed by atoms with Gasteiger partial charge < -0.3 is 24.7 Å². The summed E-state index contributed by atoms with van der Waals surface area (Å²) in [5, 5.41) is 6.55. The summed E-state index contributed by atoms with van der Waals surface area (Å²) in [5.74, 6) is 0.788. The first-order valence-corrected chi connectivity index (χ1v) is 9.81. The van der Waals surface area contributed by atoms with Crippen molar-refractivity contribution in [3.63, 3.8) is 0 Å². The van der Waals surface area contributed by atoms with Crippen molar-refractivity contribution in [3.05, 3.63) is 47.3 Å². The zero-order valence-corrected chi connectivity index (χ0v) is 17.3. The molecular formula is C22H31N3O3. The number of piperidine rings is 1. The SMILES string of the molecule is COCC1(CNC(=O)c2cc(C)n(-c3ccc(OC)cc3)c2C)CCNCC1. The van der Waals surface area contributed by atoms with E-state index >= 15 is 0 Å². The lowest BCUT2D eigenvalue weighted by atomic mass is 9.79. The Morgan fingerprint density at radius 2 is 1.86 bits per heavy atom. The number of aryl methyl sites for hydroxylation is 1. The van der Waals surface area contributed by atoms with Gasteiger partial charge in [0.15, 0.2) is 0 Å². The maximum atomic E-state index is 13.0. The zero-order valence-electron chi connectivity index (χ0n) is 17.3. The normalized spacial score (nSPS) is 16.0. The molecule has 0 saturated carbocycles. The van der Waals surface area contributed by atoms with Crippen LogP contribution in [-0.2, 0) is 4.74 Å². The minimum Gasteiger partial charge on any atom is -0.497 e. The average Bonchev–Trinajstić information content (AvgIpc) is 3.01. The van der Waals surface area contributed by atoms with Crippen LogP contribution in [0.1, 0.15) is 34.6 Å². The van der Waals surface area contributed by atoms with Crippen molar-refractivity contribution in [2.75, 3.05) is 40.5 Å². The molecule has 28 heavy (non-hydrogen) atoms. The Morgan fingerprint density at radius 1 is 1.18 bits per heavy atom. The molecule has 1 fully saturated rings. The topological polar surface area (TPSA) is 64.5 Å². The molecule has 1 amide bonds. The molecule has 0 unspecified atom stereocenters. The van der Waals surface area contributed by atoms with Gasteiger partial charge in [-0.15, -0.1) is 0 Å². The van der Waals surface area contributed by atoms with E-state index in [1.165, 1.54) is 0 Å². The fraction of sp³-hybridized carbons (Fsp3) is 0.500. The first-order valence-electron chi connectivity index (χ1n) is 9.81. The van der Waals surface area contributed by atoms with Crippen LogP contribution in [0.4, 0.5) is 0 Å². The predicted octanol–water partition coefficient (Wildman–Crippen LogP) is 2.85. The van der Waals surface area contributed by atoms with E-state index in [1.54, 1.807) is 14.2 Å². The highest BCUT2D eigenvalue weighted by atomic mass is 16.5. The van der Waals surface area contributed by atoms with Crippen LogP contribution in [0.15, 0.2) is 30.3 Å². The van der Waals surface area contributed by atoms with Gasteiger partial charge in [0.1, 0.15) is 5.75 Å². The molecule has 1 aromatic heterocycles. The molecule has 2 N–H and O–H groups in total. The first-order chi connectivity index (χ1) is 13.5. The standard InChI is InChI=1S/C22H31N3O3/c1-16-13-20(17(2)25(16)18-5-7-19(28-4)8-6-18)21(26)24-14-22(15-27-3)9-11-23-12-10-22/h5-8,13,23H,9-12,14-15H2,1-4H3,(H,24,26). The van der Waals surface area contributed by atoms with Crippen LogP contribution in [0.3, 0.4) is 0 Å². The van der Waals surface area contributed by atoms with Gasteiger partial charge in [0, 0.05) is 36.1 Å². The second kappa shape index (κ2) is 8.80. The van der Waals surface area contributed by atoms with Crippen LogP contribution in [0.25, 0.3) is 5.69 Å². The van der Waals surface area contributed by atoms with Gasteiger partial charge in [0.05, 0.1) is 19.3 Å². The number of benzene rings is 1. The van der Waals surface area contributed by atoms with Crippen molar-refractivity contribution in [2.24, 2.45) is 5.41 Å². The smallest absolute Gasteiger partial charge is 0.253 e. The molecule has 6 nitrogen and oxygen atoms in total. The van der Waals surface area contributed by atoms with Gasteiger partial charge in [-0.05, 0) is 70.1 Å². The van der Waals surface area contributed by atoms with E-state index in [0.29, 0.717) is 13.2 Å². The van der Waals surface area contributed by atoms with Crippen molar-refractivity contribution < 1.29 is 14.3 Å². The average molecular weight is 386 g/mol. The molecule has 0 bridgehead atoms. The van der Waals surface area contributed by atoms with E-state index < -0.39 is 0 Å². The minimum absolute atomic E-state index is 0.0111. The van der Waals surface area contributed by atoms with Crippen molar-refractivity contribution in [1.82, 2.24) is 15.2 Å². The Kier molecular flexibility index (Phi) is 6.42. The Morgan fingerprint density at radius 3 is 2.46 bits per heavy atom. The molecule has 0 atom stereocenters. The first kappa shape index (κ1) is 20.4. The summed E-state index contributed by atoms with van der Waals surface area (Å²) in [7, 11) is 3.39. The number of carbonyl (C=O) groups excluding carboxylic acids is 1. The molecule has 0 aliphatic carbocycles. The highest BCUT2D eigenvalue weighted by Crippen LogP contribution is 2.29. The van der Waals surface area contributed by atoms with Gasteiger partial charge in [-0.25, -0.2) is 0 Å². The highest BCUT2D eigenvalue weighted by Gasteiger charge is 2.33. The molecule has 6 heteroatoms. The number of nitrogens with zero attached hydrogens (tertiary/aromatic N) is 1. The van der Waals surface area contributed by atoms with Crippen LogP contribution in [0.5, 0.6) is 5.75 Å². The third-order valence-corrected chi connectivity index (χ3v) is 5.75. The van der Waals surface area contributed by atoms with Gasteiger partial charge >= 0.3 is 0 Å². The fourth-order valence-electron chi connectivity index (χ4n) is 4.12. The summed E-state index contributed by atoms with van der Waals surface area (Å²) in [6.07, 6.45) is 2.01. The van der Waals surface area contributed by atoms with E-state index in [1.807, 2.05) is 44.2 Å². The molecule has 152 valence electrons. The number of methoxy groups -OCH3 is 2. The molecule has 2 heterocycles. The van der Waals surface area contributed by atoms with E-state index in [0.717, 1.165) is 54.3 Å². The second-order valence-corrected chi connectivity index (χ2v) is 7.68. The molecule has 3 rings (SSSR count). The zero-order chi connectivity index (χ0) is 20.1. The Labute approximate surface area is 167 Å². The quantitative estimate of drug-likeness (QED) is 0.769. The van der Waals surface area contributed by atoms with E-state index in [-0.39, 0.29) is 11.3 Å². The number of rotatable bonds is 7. The summed E-state index contributed by atoms with van der Waals surface area (Å²) in [4.78, 5) is 13.0. The van der Waals surface area contributed by atoms with Gasteiger partial charge in [-0.1, -0.05) is 0 Å². The Hall–Kier alpha value is -2.31. The van der Waals surface area contributed by atoms with Gasteiger partial charge in [0.2, 0.25) is 0 Å². The number of hydrogen-bond donors (Lipinski definition) is 2. The van der Waals surface area contributed by atoms with Gasteiger partial charge in [-0.3, -0.25) is 4.79 Å². The van der Waals surface area contributed by atoms with Crippen LogP contribution in [0.2, 0.25) is 0 Å². The molecule has 1 saturated heterocycles. The molecule has 0 radical (unpaired) electrons. The molecule has 2 aromatic rings. The molecular weight excluding hydrogens is 354 g/mol. The third-order valence-electron chi connectivity index (χ3n) is 5.75. The Bertz CT molecular complexity index is 800. The molecule has 1 aliphatic rings. The lowest BCUT2D eigenvalue weighted by Crippen LogP contribution is -2.47. The van der Waals surface area contributed by atoms with E-state index in [4.69, 9.17) is 9.47 Å². The maximum absolute atomic E-state index is 13.0. The minimum atomic E-state index is -0.0260. The number of carbonyl (C=O) groups is 1.